The lowest BCUT2D eigenvalue weighted by Crippen LogP contribution is -2.18. The lowest BCUT2D eigenvalue weighted by Gasteiger charge is -2.16. The number of hydrogen-bond acceptors (Lipinski definition) is 5. The van der Waals surface area contributed by atoms with Crippen LogP contribution < -0.4 is 5.73 Å². The molecule has 2 aromatic heterocycles. The van der Waals surface area contributed by atoms with E-state index in [1.807, 2.05) is 24.6 Å². The maximum absolute atomic E-state index is 7.40. The number of nitrogens with two attached hydrogens (primary N) is 1. The van der Waals surface area contributed by atoms with Crippen LogP contribution in [0.1, 0.15) is 21.8 Å². The number of aromatic nitrogens is 2. The van der Waals surface area contributed by atoms with Crippen LogP contribution in [0.4, 0.5) is 0 Å². The monoisotopic (exact) mass is 275 g/mol. The number of pyridine rings is 1. The molecule has 0 bridgehead atoms. The van der Waals surface area contributed by atoms with E-state index in [2.05, 4.69) is 21.9 Å². The number of nitrogens with zero attached hydrogens (tertiary/aromatic N) is 3. The first-order valence-electron chi connectivity index (χ1n) is 5.93. The van der Waals surface area contributed by atoms with E-state index in [1.54, 1.807) is 17.5 Å². The lowest BCUT2D eigenvalue weighted by atomic mass is 10.2. The van der Waals surface area contributed by atoms with Gasteiger partial charge in [-0.2, -0.15) is 0 Å². The molecule has 0 saturated carbocycles. The Balaban J connectivity index is 2.02. The Labute approximate surface area is 116 Å². The molecule has 2 rings (SSSR count). The van der Waals surface area contributed by atoms with Gasteiger partial charge >= 0.3 is 0 Å². The van der Waals surface area contributed by atoms with Gasteiger partial charge < -0.3 is 5.73 Å². The molecule has 0 aliphatic rings. The molecule has 2 heterocycles. The first-order valence-corrected chi connectivity index (χ1v) is 6.81. The minimum Gasteiger partial charge on any atom is -0.382 e. The van der Waals surface area contributed by atoms with Crippen molar-refractivity contribution < 1.29 is 0 Å². The molecule has 0 aromatic carbocycles. The highest BCUT2D eigenvalue weighted by atomic mass is 32.1. The zero-order valence-corrected chi connectivity index (χ0v) is 11.9. The third-order valence-electron chi connectivity index (χ3n) is 2.81. The van der Waals surface area contributed by atoms with Gasteiger partial charge in [0.15, 0.2) is 0 Å². The fraction of sp³-hybridized carbons (Fsp3) is 0.308. The smallest absolute Gasteiger partial charge is 0.141 e. The summed E-state index contributed by atoms with van der Waals surface area (Å²) in [6, 6.07) is 3.81. The third-order valence-corrected chi connectivity index (χ3v) is 3.73. The topological polar surface area (TPSA) is 78.9 Å². The number of thiazole rings is 1. The van der Waals surface area contributed by atoms with Crippen molar-refractivity contribution in [2.75, 3.05) is 7.05 Å². The fourth-order valence-corrected chi connectivity index (χ4v) is 2.67. The van der Waals surface area contributed by atoms with Crippen LogP contribution in [0.3, 0.4) is 0 Å². The van der Waals surface area contributed by atoms with E-state index in [1.165, 1.54) is 4.88 Å². The van der Waals surface area contributed by atoms with E-state index in [0.717, 1.165) is 24.3 Å². The SMILES string of the molecule is Cc1ncsc1CN(C)Cc1ccnc(C(=N)N)c1. The summed E-state index contributed by atoms with van der Waals surface area (Å²) in [7, 11) is 2.06. The number of amidine groups is 1. The molecule has 0 aliphatic heterocycles. The largest absolute Gasteiger partial charge is 0.382 e. The second-order valence-corrected chi connectivity index (χ2v) is 5.44. The molecule has 0 unspecified atom stereocenters. The van der Waals surface area contributed by atoms with Crippen molar-refractivity contribution in [3.05, 3.63) is 45.7 Å². The molecule has 0 saturated heterocycles. The molecule has 0 aliphatic carbocycles. The normalized spacial score (nSPS) is 10.9. The van der Waals surface area contributed by atoms with Gasteiger partial charge in [-0.05, 0) is 31.7 Å². The van der Waals surface area contributed by atoms with Crippen LogP contribution >= 0.6 is 11.3 Å². The van der Waals surface area contributed by atoms with Crippen molar-refractivity contribution in [2.24, 2.45) is 5.73 Å². The Hall–Kier alpha value is -1.79. The fourth-order valence-electron chi connectivity index (χ4n) is 1.81. The van der Waals surface area contributed by atoms with Gasteiger partial charge in [0.1, 0.15) is 11.5 Å². The summed E-state index contributed by atoms with van der Waals surface area (Å²) < 4.78 is 0. The average molecular weight is 275 g/mol. The predicted molar refractivity (Wildman–Crippen MR) is 77.3 cm³/mol. The van der Waals surface area contributed by atoms with Crippen LogP contribution in [0.25, 0.3) is 0 Å². The number of rotatable bonds is 5. The van der Waals surface area contributed by atoms with Gasteiger partial charge in [0.25, 0.3) is 0 Å². The summed E-state index contributed by atoms with van der Waals surface area (Å²) in [6.45, 7) is 3.69. The standard InChI is InChI=1S/C13H17N5S/c1-9-12(19-8-17-9)7-18(2)6-10-3-4-16-11(5-10)13(14)15/h3-5,8H,6-7H2,1-2H3,(H3,14,15). The van der Waals surface area contributed by atoms with Crippen LogP contribution in [0.5, 0.6) is 0 Å². The minimum absolute atomic E-state index is 0.00260. The van der Waals surface area contributed by atoms with Gasteiger partial charge in [-0.1, -0.05) is 0 Å². The number of nitrogen functional groups attached to an aromatic ring is 1. The van der Waals surface area contributed by atoms with Gasteiger partial charge in [0.05, 0.1) is 11.2 Å². The van der Waals surface area contributed by atoms with E-state index in [-0.39, 0.29) is 5.84 Å². The average Bonchev–Trinajstić information content (AvgIpc) is 2.75. The lowest BCUT2D eigenvalue weighted by molar-refractivity contribution is 0.321. The van der Waals surface area contributed by atoms with Crippen molar-refractivity contribution >= 4 is 17.2 Å². The first kappa shape index (κ1) is 13.6. The highest BCUT2D eigenvalue weighted by Gasteiger charge is 2.07. The molecule has 0 amide bonds. The van der Waals surface area contributed by atoms with Crippen molar-refractivity contribution in [3.63, 3.8) is 0 Å². The zero-order valence-electron chi connectivity index (χ0n) is 11.1. The van der Waals surface area contributed by atoms with Crippen molar-refractivity contribution in [1.82, 2.24) is 14.9 Å². The second kappa shape index (κ2) is 5.90. The first-order chi connectivity index (χ1) is 9.06. The second-order valence-electron chi connectivity index (χ2n) is 4.50. The summed E-state index contributed by atoms with van der Waals surface area (Å²) in [5.74, 6) is 0.00260. The van der Waals surface area contributed by atoms with Crippen LogP contribution in [0, 0.1) is 12.3 Å². The van der Waals surface area contributed by atoms with Crippen LogP contribution in [-0.2, 0) is 13.1 Å². The van der Waals surface area contributed by atoms with Crippen LogP contribution in [-0.4, -0.2) is 27.8 Å². The van der Waals surface area contributed by atoms with E-state index < -0.39 is 0 Å². The molecular formula is C13H17N5S. The number of hydrogen-bond donors (Lipinski definition) is 2. The molecular weight excluding hydrogens is 258 g/mol. The molecule has 19 heavy (non-hydrogen) atoms. The minimum atomic E-state index is 0.00260. The van der Waals surface area contributed by atoms with Crippen molar-refractivity contribution in [1.29, 1.82) is 5.41 Å². The zero-order chi connectivity index (χ0) is 13.8. The van der Waals surface area contributed by atoms with Crippen molar-refractivity contribution in [2.45, 2.75) is 20.0 Å². The molecule has 0 spiro atoms. The van der Waals surface area contributed by atoms with E-state index in [4.69, 9.17) is 11.1 Å². The molecule has 2 aromatic rings. The molecule has 0 atom stereocenters. The molecule has 100 valence electrons. The van der Waals surface area contributed by atoms with Gasteiger partial charge in [-0.3, -0.25) is 15.3 Å². The quantitative estimate of drug-likeness (QED) is 0.644. The Bertz CT molecular complexity index is 578. The summed E-state index contributed by atoms with van der Waals surface area (Å²) >= 11 is 1.68. The maximum atomic E-state index is 7.40. The third kappa shape index (κ3) is 3.59. The molecule has 0 fully saturated rings. The Kier molecular flexibility index (Phi) is 4.24. The highest BCUT2D eigenvalue weighted by molar-refractivity contribution is 7.09. The van der Waals surface area contributed by atoms with E-state index in [9.17, 15) is 0 Å². The summed E-state index contributed by atoms with van der Waals surface area (Å²) in [5.41, 5.74) is 10.0. The van der Waals surface area contributed by atoms with Crippen LogP contribution in [0.2, 0.25) is 0 Å². The molecule has 3 N–H and O–H groups in total. The summed E-state index contributed by atoms with van der Waals surface area (Å²) in [5, 5.41) is 7.40. The van der Waals surface area contributed by atoms with Crippen molar-refractivity contribution in [3.8, 4) is 0 Å². The Morgan fingerprint density at radius 2 is 2.21 bits per heavy atom. The van der Waals surface area contributed by atoms with E-state index in [0.29, 0.717) is 5.69 Å². The maximum Gasteiger partial charge on any atom is 0.141 e. The molecule has 5 nitrogen and oxygen atoms in total. The van der Waals surface area contributed by atoms with Gasteiger partial charge in [-0.25, -0.2) is 4.98 Å². The number of nitrogens with one attached hydrogen (secondary N) is 1. The Morgan fingerprint density at radius 3 is 2.84 bits per heavy atom. The Morgan fingerprint density at radius 1 is 1.42 bits per heavy atom. The van der Waals surface area contributed by atoms with Gasteiger partial charge in [0.2, 0.25) is 0 Å². The van der Waals surface area contributed by atoms with Crippen LogP contribution in [0.15, 0.2) is 23.8 Å². The van der Waals surface area contributed by atoms with Gasteiger partial charge in [0, 0.05) is 24.2 Å². The predicted octanol–water partition coefficient (Wildman–Crippen LogP) is 1.76. The summed E-state index contributed by atoms with van der Waals surface area (Å²) in [4.78, 5) is 11.8. The molecule has 6 heteroatoms. The highest BCUT2D eigenvalue weighted by Crippen LogP contribution is 2.15. The molecule has 0 radical (unpaired) electrons. The van der Waals surface area contributed by atoms with E-state index >= 15 is 0 Å². The van der Waals surface area contributed by atoms with Gasteiger partial charge in [-0.15, -0.1) is 11.3 Å². The summed E-state index contributed by atoms with van der Waals surface area (Å²) in [6.07, 6.45) is 1.69. The number of aryl methyl sites for hydroxylation is 1.